The predicted molar refractivity (Wildman–Crippen MR) is 127 cm³/mol. The molecule has 38 heavy (non-hydrogen) atoms. The lowest BCUT2D eigenvalue weighted by Gasteiger charge is -2.29. The third kappa shape index (κ3) is 6.19. The Hall–Kier alpha value is -2.54. The lowest BCUT2D eigenvalue weighted by Crippen LogP contribution is -2.45. The smallest absolute Gasteiger partial charge is 0.330 e. The highest BCUT2D eigenvalue weighted by Gasteiger charge is 2.51. The summed E-state index contributed by atoms with van der Waals surface area (Å²) in [6, 6.07) is 1.07. The first-order valence-corrected chi connectivity index (χ1v) is 12.4. The Morgan fingerprint density at radius 3 is 2.55 bits per heavy atom. The average Bonchev–Trinajstić information content (AvgIpc) is 3.54. The van der Waals surface area contributed by atoms with Crippen LogP contribution in [-0.2, 0) is 27.2 Å². The molecule has 16 heteroatoms. The zero-order chi connectivity index (χ0) is 27.4. The lowest BCUT2D eigenvalue weighted by atomic mass is 10.0. The van der Waals surface area contributed by atoms with Crippen LogP contribution in [0.3, 0.4) is 0 Å². The summed E-state index contributed by atoms with van der Waals surface area (Å²) in [6.07, 6.45) is -6.74. The average molecular weight is 543 g/mol. The number of ether oxygens (including phenoxy) is 3. The number of aromatic amines is 1. The third-order valence-corrected chi connectivity index (χ3v) is 6.67. The van der Waals surface area contributed by atoms with Gasteiger partial charge in [-0.1, -0.05) is 5.21 Å². The van der Waals surface area contributed by atoms with E-state index >= 15 is 0 Å². The Labute approximate surface area is 216 Å². The summed E-state index contributed by atoms with van der Waals surface area (Å²) >= 11 is 0. The second-order valence-corrected chi connectivity index (χ2v) is 9.39. The molecule has 2 saturated heterocycles. The number of H-pyrrole nitrogens is 1. The van der Waals surface area contributed by atoms with Crippen molar-refractivity contribution in [2.24, 2.45) is 5.73 Å². The number of aromatic nitrogens is 5. The van der Waals surface area contributed by atoms with E-state index in [0.29, 0.717) is 18.7 Å². The molecule has 4 rings (SSSR count). The summed E-state index contributed by atoms with van der Waals surface area (Å²) in [5.74, 6) is 0. The van der Waals surface area contributed by atoms with Gasteiger partial charge in [-0.15, -0.1) is 5.10 Å². The molecule has 2 aromatic rings. The first kappa shape index (κ1) is 28.5. The Bertz CT molecular complexity index is 1160. The van der Waals surface area contributed by atoms with Crippen LogP contribution >= 0.6 is 0 Å². The molecule has 212 valence electrons. The SMILES string of the molecule is NC[C@H]1O[C@@H](O[C@@H](Cc2cn(CCCCCO)nn2)[C@H]2O[C@@H](n3ccc(=O)[nH]c3=O)[C@H](O)[C@@H]2O)[C@H](O)[C@@H]1O. The number of aryl methyl sites for hydroxylation is 1. The summed E-state index contributed by atoms with van der Waals surface area (Å²) in [6.45, 7) is 0.593. The quantitative estimate of drug-likeness (QED) is 0.126. The molecule has 0 spiro atoms. The molecule has 2 fully saturated rings. The molecule has 4 heterocycles. The second kappa shape index (κ2) is 12.5. The van der Waals surface area contributed by atoms with Crippen molar-refractivity contribution in [3.05, 3.63) is 45.0 Å². The number of hydrogen-bond donors (Lipinski definition) is 7. The van der Waals surface area contributed by atoms with E-state index in [0.717, 1.165) is 29.7 Å². The van der Waals surface area contributed by atoms with Crippen molar-refractivity contribution in [1.29, 1.82) is 0 Å². The molecular weight excluding hydrogens is 508 g/mol. The Morgan fingerprint density at radius 2 is 1.87 bits per heavy atom. The van der Waals surface area contributed by atoms with Crippen molar-refractivity contribution >= 4 is 0 Å². The van der Waals surface area contributed by atoms with E-state index in [1.807, 2.05) is 0 Å². The molecular formula is C22H34N6O10. The summed E-state index contributed by atoms with van der Waals surface area (Å²) < 4.78 is 19.9. The van der Waals surface area contributed by atoms with Gasteiger partial charge in [0, 0.05) is 44.6 Å². The molecule has 0 saturated carbocycles. The van der Waals surface area contributed by atoms with Gasteiger partial charge in [-0.2, -0.15) is 0 Å². The van der Waals surface area contributed by atoms with Crippen molar-refractivity contribution in [2.45, 2.75) is 87.5 Å². The van der Waals surface area contributed by atoms with E-state index in [1.165, 1.54) is 0 Å². The van der Waals surface area contributed by atoms with Crippen LogP contribution in [0.1, 0.15) is 31.2 Å². The number of nitrogens with zero attached hydrogens (tertiary/aromatic N) is 4. The first-order chi connectivity index (χ1) is 18.2. The molecule has 0 radical (unpaired) electrons. The van der Waals surface area contributed by atoms with Crippen LogP contribution < -0.4 is 17.0 Å². The van der Waals surface area contributed by atoms with Crippen LogP contribution in [0.25, 0.3) is 0 Å². The predicted octanol–water partition coefficient (Wildman–Crippen LogP) is -4.06. The third-order valence-electron chi connectivity index (χ3n) is 6.67. The van der Waals surface area contributed by atoms with Gasteiger partial charge in [0.25, 0.3) is 5.56 Å². The highest BCUT2D eigenvalue weighted by molar-refractivity contribution is 5.02. The van der Waals surface area contributed by atoms with E-state index in [4.69, 9.17) is 25.1 Å². The normalized spacial score (nSPS) is 32.2. The molecule has 0 unspecified atom stereocenters. The van der Waals surface area contributed by atoms with Crippen molar-refractivity contribution in [3.8, 4) is 0 Å². The fourth-order valence-electron chi connectivity index (χ4n) is 4.60. The van der Waals surface area contributed by atoms with Gasteiger partial charge in [0.2, 0.25) is 0 Å². The minimum atomic E-state index is -1.58. The van der Waals surface area contributed by atoms with E-state index < -0.39 is 66.5 Å². The molecule has 16 nitrogen and oxygen atoms in total. The molecule has 8 N–H and O–H groups in total. The molecule has 2 aliphatic heterocycles. The van der Waals surface area contributed by atoms with Gasteiger partial charge in [0.1, 0.15) is 36.6 Å². The zero-order valence-electron chi connectivity index (χ0n) is 20.5. The minimum absolute atomic E-state index is 0.00566. The highest BCUT2D eigenvalue weighted by Crippen LogP contribution is 2.34. The number of nitrogens with one attached hydrogen (secondary N) is 1. The molecule has 0 aromatic carbocycles. The molecule has 9 atom stereocenters. The van der Waals surface area contributed by atoms with Gasteiger partial charge in [-0.3, -0.25) is 19.0 Å². The van der Waals surface area contributed by atoms with Crippen LogP contribution in [0, 0.1) is 0 Å². The molecule has 0 amide bonds. The molecule has 2 aliphatic rings. The highest BCUT2D eigenvalue weighted by atomic mass is 16.7. The van der Waals surface area contributed by atoms with E-state index in [2.05, 4.69) is 15.3 Å². The first-order valence-electron chi connectivity index (χ1n) is 12.4. The maximum Gasteiger partial charge on any atom is 0.330 e. The fourth-order valence-corrected chi connectivity index (χ4v) is 4.60. The molecule has 2 aromatic heterocycles. The van der Waals surface area contributed by atoms with Crippen molar-refractivity contribution in [1.82, 2.24) is 24.5 Å². The summed E-state index contributed by atoms with van der Waals surface area (Å²) in [4.78, 5) is 25.8. The topological polar surface area (TPSA) is 240 Å². The molecule has 0 bridgehead atoms. The number of aliphatic hydroxyl groups excluding tert-OH is 5. The maximum absolute atomic E-state index is 12.3. The standard InChI is InChI=1S/C22H34N6O10/c23-9-13-15(31)18(34)21(37-13)36-12(8-11-10-27(26-25-11)5-2-1-3-7-29)19-16(32)17(33)20(38-19)28-6-4-14(30)24-22(28)35/h4,6,10,12-13,15-21,29,31-34H,1-3,5,7-9,23H2,(H,24,30,35)/t12-,13+,15+,16-,17+,18+,19+,20+,21+/m0/s1. The number of unbranched alkanes of at least 4 members (excludes halogenated alkanes) is 2. The van der Waals surface area contributed by atoms with Crippen LogP contribution in [0.4, 0.5) is 0 Å². The Balaban J connectivity index is 1.55. The van der Waals surface area contributed by atoms with Gasteiger partial charge < -0.3 is 45.5 Å². The summed E-state index contributed by atoms with van der Waals surface area (Å²) in [5, 5.41) is 59.3. The van der Waals surface area contributed by atoms with Crippen LogP contribution in [-0.4, -0.2) is 112 Å². The zero-order valence-corrected chi connectivity index (χ0v) is 20.5. The van der Waals surface area contributed by atoms with E-state index in [-0.39, 0.29) is 19.6 Å². The lowest BCUT2D eigenvalue weighted by molar-refractivity contribution is -0.220. The van der Waals surface area contributed by atoms with E-state index in [1.54, 1.807) is 10.9 Å². The van der Waals surface area contributed by atoms with Gasteiger partial charge in [-0.25, -0.2) is 4.79 Å². The van der Waals surface area contributed by atoms with Gasteiger partial charge in [0.15, 0.2) is 12.5 Å². The number of hydrogen-bond acceptors (Lipinski definition) is 13. The monoisotopic (exact) mass is 542 g/mol. The van der Waals surface area contributed by atoms with Crippen molar-refractivity contribution in [2.75, 3.05) is 13.2 Å². The number of aliphatic hydroxyl groups is 5. The molecule has 0 aliphatic carbocycles. The maximum atomic E-state index is 12.3. The van der Waals surface area contributed by atoms with E-state index in [9.17, 15) is 30.0 Å². The fraction of sp³-hybridized carbons (Fsp3) is 0.727. The van der Waals surface area contributed by atoms with Crippen LogP contribution in [0.15, 0.2) is 28.0 Å². The Morgan fingerprint density at radius 1 is 1.08 bits per heavy atom. The minimum Gasteiger partial charge on any atom is -0.396 e. The summed E-state index contributed by atoms with van der Waals surface area (Å²) in [5.41, 5.74) is 4.54. The van der Waals surface area contributed by atoms with Crippen molar-refractivity contribution < 1.29 is 39.7 Å². The largest absolute Gasteiger partial charge is 0.396 e. The van der Waals surface area contributed by atoms with Gasteiger partial charge >= 0.3 is 5.69 Å². The second-order valence-electron chi connectivity index (χ2n) is 9.39. The van der Waals surface area contributed by atoms with Crippen LogP contribution in [0.2, 0.25) is 0 Å². The number of nitrogens with two attached hydrogens (primary N) is 1. The van der Waals surface area contributed by atoms with Gasteiger partial charge in [0.05, 0.1) is 11.8 Å². The number of rotatable bonds is 12. The Kier molecular flexibility index (Phi) is 9.40. The van der Waals surface area contributed by atoms with Crippen LogP contribution in [0.5, 0.6) is 0 Å². The van der Waals surface area contributed by atoms with Gasteiger partial charge in [-0.05, 0) is 19.3 Å². The van der Waals surface area contributed by atoms with Crippen molar-refractivity contribution in [3.63, 3.8) is 0 Å². The summed E-state index contributed by atoms with van der Waals surface area (Å²) in [7, 11) is 0.